The first-order valence-corrected chi connectivity index (χ1v) is 13.8. The van der Waals surface area contributed by atoms with Gasteiger partial charge < -0.3 is 29.9 Å². The highest BCUT2D eigenvalue weighted by molar-refractivity contribution is 5.87. The van der Waals surface area contributed by atoms with Gasteiger partial charge in [0.15, 0.2) is 11.5 Å². The molecular formula is C27H42N8O4. The summed E-state index contributed by atoms with van der Waals surface area (Å²) in [6, 6.07) is 0.0550. The molecule has 2 N–H and O–H groups in total. The van der Waals surface area contributed by atoms with Crippen LogP contribution in [0.25, 0.3) is 5.65 Å². The van der Waals surface area contributed by atoms with Crippen LogP contribution in [0.4, 0.5) is 10.6 Å². The summed E-state index contributed by atoms with van der Waals surface area (Å²) in [6.07, 6.45) is 6.32. The lowest BCUT2D eigenvalue weighted by molar-refractivity contribution is -0.125. The third-order valence-corrected chi connectivity index (χ3v) is 7.34. The summed E-state index contributed by atoms with van der Waals surface area (Å²) < 4.78 is 7.62. The molecule has 2 aromatic heterocycles. The topological polar surface area (TPSA) is 128 Å². The van der Waals surface area contributed by atoms with Crippen molar-refractivity contribution >= 4 is 23.5 Å². The molecule has 4 rings (SSSR count). The number of likely N-dealkylation sites (tertiary alicyclic amines) is 2. The average Bonchev–Trinajstić information content (AvgIpc) is 3.51. The van der Waals surface area contributed by atoms with Crippen LogP contribution >= 0.6 is 0 Å². The minimum atomic E-state index is -0.916. The molecule has 0 aromatic carbocycles. The van der Waals surface area contributed by atoms with Gasteiger partial charge in [-0.2, -0.15) is 4.98 Å². The van der Waals surface area contributed by atoms with E-state index in [1.54, 1.807) is 15.5 Å². The maximum absolute atomic E-state index is 12.7. The minimum absolute atomic E-state index is 0.0138. The Hall–Kier alpha value is -3.41. The van der Waals surface area contributed by atoms with Crippen molar-refractivity contribution in [2.24, 2.45) is 5.92 Å². The first kappa shape index (κ1) is 28.6. The summed E-state index contributed by atoms with van der Waals surface area (Å²) in [6.45, 7) is 10.3. The van der Waals surface area contributed by atoms with Crippen molar-refractivity contribution in [1.82, 2.24) is 34.3 Å². The number of imidazole rings is 1. The predicted octanol–water partition coefficient (Wildman–Crippen LogP) is 2.92. The predicted molar refractivity (Wildman–Crippen MR) is 148 cm³/mol. The number of carbonyl (C=O) groups excluding carboxylic acids is 1. The molecule has 2 amide bonds. The van der Waals surface area contributed by atoms with Crippen molar-refractivity contribution in [3.63, 3.8) is 0 Å². The Morgan fingerprint density at radius 1 is 1.23 bits per heavy atom. The lowest BCUT2D eigenvalue weighted by atomic mass is 9.87. The van der Waals surface area contributed by atoms with Gasteiger partial charge in [-0.1, -0.05) is 19.9 Å². The second-order valence-corrected chi connectivity index (χ2v) is 11.4. The molecule has 0 aliphatic carbocycles. The summed E-state index contributed by atoms with van der Waals surface area (Å²) in [5, 5.41) is 18.1. The number of hydrogen-bond acceptors (Lipinski definition) is 8. The Morgan fingerprint density at radius 3 is 2.67 bits per heavy atom. The summed E-state index contributed by atoms with van der Waals surface area (Å²) in [5.74, 6) is 0.840. The summed E-state index contributed by atoms with van der Waals surface area (Å²) in [7, 11) is 3.91. The summed E-state index contributed by atoms with van der Waals surface area (Å²) >= 11 is 0. The van der Waals surface area contributed by atoms with Crippen LogP contribution in [0.3, 0.4) is 0 Å². The average molecular weight is 543 g/mol. The molecule has 0 radical (unpaired) electrons. The van der Waals surface area contributed by atoms with Gasteiger partial charge in [0.2, 0.25) is 5.91 Å². The SMILES string of the molecule is CC(C)Oc1nc(NC2CCN(C(=O)O)C(C3CCN(C(=O)/C=C/CN(C)C)C3)C2)c2ncc(C(C)C)n2n1. The molecule has 2 aliphatic heterocycles. The third-order valence-electron chi connectivity index (χ3n) is 7.34. The number of ether oxygens (including phenoxy) is 1. The molecular weight excluding hydrogens is 500 g/mol. The number of amides is 2. The normalized spacial score (nSPS) is 22.1. The fraction of sp³-hybridized carbons (Fsp3) is 0.667. The van der Waals surface area contributed by atoms with E-state index in [4.69, 9.17) is 4.74 Å². The van der Waals surface area contributed by atoms with E-state index in [1.165, 1.54) is 0 Å². The smallest absolute Gasteiger partial charge is 0.407 e. The van der Waals surface area contributed by atoms with Gasteiger partial charge in [0, 0.05) is 44.3 Å². The second-order valence-electron chi connectivity index (χ2n) is 11.4. The molecule has 2 aromatic rings. The van der Waals surface area contributed by atoms with Crippen molar-refractivity contribution in [2.75, 3.05) is 45.6 Å². The van der Waals surface area contributed by atoms with Crippen LogP contribution in [0.1, 0.15) is 58.6 Å². The van der Waals surface area contributed by atoms with Crippen LogP contribution < -0.4 is 10.1 Å². The molecule has 12 nitrogen and oxygen atoms in total. The largest absolute Gasteiger partial charge is 0.465 e. The van der Waals surface area contributed by atoms with Crippen molar-refractivity contribution in [1.29, 1.82) is 0 Å². The van der Waals surface area contributed by atoms with Gasteiger partial charge in [-0.25, -0.2) is 14.3 Å². The van der Waals surface area contributed by atoms with E-state index in [0.717, 1.165) is 12.1 Å². The van der Waals surface area contributed by atoms with E-state index in [9.17, 15) is 14.7 Å². The van der Waals surface area contributed by atoms with E-state index in [1.807, 2.05) is 50.0 Å². The molecule has 214 valence electrons. The first-order chi connectivity index (χ1) is 18.5. The van der Waals surface area contributed by atoms with Gasteiger partial charge in [0.1, 0.15) is 0 Å². The number of nitrogens with one attached hydrogen (secondary N) is 1. The number of hydrogen-bond donors (Lipinski definition) is 2. The Bertz CT molecular complexity index is 1190. The number of likely N-dealkylation sites (N-methyl/N-ethyl adjacent to an activating group) is 1. The van der Waals surface area contributed by atoms with E-state index in [2.05, 4.69) is 34.2 Å². The number of anilines is 1. The summed E-state index contributed by atoms with van der Waals surface area (Å²) in [4.78, 5) is 39.5. The molecule has 3 unspecified atom stereocenters. The Kier molecular flexibility index (Phi) is 8.94. The number of piperidine rings is 1. The molecule has 0 bridgehead atoms. The van der Waals surface area contributed by atoms with Gasteiger partial charge in [0.05, 0.1) is 18.0 Å². The van der Waals surface area contributed by atoms with E-state index < -0.39 is 6.09 Å². The molecule has 2 fully saturated rings. The zero-order chi connectivity index (χ0) is 28.3. The number of fused-ring (bicyclic) bond motifs is 1. The summed E-state index contributed by atoms with van der Waals surface area (Å²) in [5.41, 5.74) is 1.58. The van der Waals surface area contributed by atoms with Crippen molar-refractivity contribution in [2.45, 2.75) is 71.1 Å². The second kappa shape index (κ2) is 12.2. The van der Waals surface area contributed by atoms with Gasteiger partial charge in [0.25, 0.3) is 0 Å². The Balaban J connectivity index is 1.52. The van der Waals surface area contributed by atoms with Gasteiger partial charge >= 0.3 is 12.1 Å². The van der Waals surface area contributed by atoms with Crippen LogP contribution in [-0.2, 0) is 4.79 Å². The number of carboxylic acid groups (broad SMARTS) is 1. The van der Waals surface area contributed by atoms with E-state index >= 15 is 0 Å². The highest BCUT2D eigenvalue weighted by Gasteiger charge is 2.40. The quantitative estimate of drug-likeness (QED) is 0.460. The number of carbonyl (C=O) groups is 2. The molecule has 2 aliphatic rings. The molecule has 2 saturated heterocycles. The van der Waals surface area contributed by atoms with Gasteiger partial charge in [-0.05, 0) is 59.0 Å². The van der Waals surface area contributed by atoms with Crippen molar-refractivity contribution in [3.8, 4) is 6.01 Å². The standard InChI is InChI=1S/C27H42N8O4/c1-17(2)22-15-28-25-24(30-26(31-35(22)25)39-18(3)4)29-20-10-13-34(27(37)38)21(14-20)19-9-12-33(16-19)23(36)8-7-11-32(5)6/h7-8,15,17-21H,9-14,16H2,1-6H3,(H,37,38)(H,29,30,31)/b8-7+. The molecule has 12 heteroatoms. The highest BCUT2D eigenvalue weighted by Crippen LogP contribution is 2.32. The monoisotopic (exact) mass is 542 g/mol. The molecule has 0 spiro atoms. The first-order valence-electron chi connectivity index (χ1n) is 13.8. The number of nitrogens with zero attached hydrogens (tertiary/aromatic N) is 7. The maximum Gasteiger partial charge on any atom is 0.407 e. The van der Waals surface area contributed by atoms with E-state index in [0.29, 0.717) is 50.5 Å². The highest BCUT2D eigenvalue weighted by atomic mass is 16.5. The Labute approximate surface area is 230 Å². The lowest BCUT2D eigenvalue weighted by Crippen LogP contribution is -2.52. The maximum atomic E-state index is 12.7. The number of rotatable bonds is 9. The third kappa shape index (κ3) is 6.78. The minimum Gasteiger partial charge on any atom is -0.465 e. The zero-order valence-corrected chi connectivity index (χ0v) is 23.9. The fourth-order valence-electron chi connectivity index (χ4n) is 5.41. The van der Waals surface area contributed by atoms with Crippen molar-refractivity contribution < 1.29 is 19.4 Å². The fourth-order valence-corrected chi connectivity index (χ4v) is 5.41. The van der Waals surface area contributed by atoms with Gasteiger partial charge in [-0.15, -0.1) is 5.10 Å². The molecule has 4 heterocycles. The van der Waals surface area contributed by atoms with Gasteiger partial charge in [-0.3, -0.25) is 4.79 Å². The zero-order valence-electron chi connectivity index (χ0n) is 23.9. The molecule has 39 heavy (non-hydrogen) atoms. The van der Waals surface area contributed by atoms with E-state index in [-0.39, 0.29) is 41.9 Å². The molecule has 3 atom stereocenters. The van der Waals surface area contributed by atoms with Crippen molar-refractivity contribution in [3.05, 3.63) is 24.0 Å². The van der Waals surface area contributed by atoms with Crippen LogP contribution in [0, 0.1) is 5.92 Å². The number of aromatic nitrogens is 4. The van der Waals surface area contributed by atoms with Crippen LogP contribution in [0.15, 0.2) is 18.3 Å². The Morgan fingerprint density at radius 2 is 2.00 bits per heavy atom. The van der Waals surface area contributed by atoms with Crippen LogP contribution in [0.2, 0.25) is 0 Å². The lowest BCUT2D eigenvalue weighted by Gasteiger charge is -2.41. The van der Waals surface area contributed by atoms with Crippen LogP contribution in [-0.4, -0.2) is 110 Å². The molecule has 0 saturated carbocycles. The van der Waals surface area contributed by atoms with Crippen LogP contribution in [0.5, 0.6) is 6.01 Å².